The van der Waals surface area contributed by atoms with E-state index in [1.165, 1.54) is 32.1 Å². The number of thiol groups is 1. The Morgan fingerprint density at radius 2 is 1.00 bits per heavy atom. The lowest BCUT2D eigenvalue weighted by Crippen LogP contribution is -2.46. The van der Waals surface area contributed by atoms with Crippen molar-refractivity contribution < 1.29 is 13.2 Å². The molecular weight excluding hydrogens is 377 g/mol. The Kier molecular flexibility index (Phi) is 7.27. The zero-order valence-corrected chi connectivity index (χ0v) is 18.1. The summed E-state index contributed by atoms with van der Waals surface area (Å²) >= 11 is 4.54. The lowest BCUT2D eigenvalue weighted by Gasteiger charge is -2.46. The number of alkyl halides is 3. The van der Waals surface area contributed by atoms with Crippen LogP contribution in [-0.2, 0) is 0 Å². The first-order valence-electron chi connectivity index (χ1n) is 12.1. The largest absolute Gasteiger partial charge is 0.247 e. The van der Waals surface area contributed by atoms with E-state index in [2.05, 4.69) is 12.6 Å². The van der Waals surface area contributed by atoms with Crippen molar-refractivity contribution in [2.45, 2.75) is 114 Å². The first kappa shape index (κ1) is 21.4. The van der Waals surface area contributed by atoms with Crippen LogP contribution in [0.25, 0.3) is 0 Å². The number of hydrogen-bond acceptors (Lipinski definition) is 1. The normalized spacial score (nSPS) is 49.1. The smallest absolute Gasteiger partial charge is 0.134 e. The van der Waals surface area contributed by atoms with Crippen molar-refractivity contribution in [1.82, 2.24) is 0 Å². The number of rotatable bonds is 3. The highest BCUT2D eigenvalue weighted by Crippen LogP contribution is 2.50. The molecule has 0 heterocycles. The second-order valence-corrected chi connectivity index (χ2v) is 11.2. The Labute approximate surface area is 175 Å². The third-order valence-electron chi connectivity index (χ3n) is 9.03. The van der Waals surface area contributed by atoms with Gasteiger partial charge in [0, 0.05) is 5.25 Å². The monoisotopic (exact) mass is 416 g/mol. The van der Waals surface area contributed by atoms with Crippen LogP contribution in [0.1, 0.15) is 89.9 Å². The van der Waals surface area contributed by atoms with Crippen molar-refractivity contribution in [2.75, 3.05) is 0 Å². The van der Waals surface area contributed by atoms with Gasteiger partial charge in [0.05, 0.1) is 0 Å². The van der Waals surface area contributed by atoms with Crippen molar-refractivity contribution in [2.24, 2.45) is 35.5 Å². The second kappa shape index (κ2) is 9.52. The summed E-state index contributed by atoms with van der Waals surface area (Å²) in [5, 5.41) is 0.438. The molecule has 0 bridgehead atoms. The summed E-state index contributed by atoms with van der Waals surface area (Å²) in [6.45, 7) is 0. The maximum Gasteiger partial charge on any atom is 0.134 e. The number of halogens is 3. The molecule has 0 radical (unpaired) electrons. The van der Waals surface area contributed by atoms with Crippen LogP contribution in [-0.4, -0.2) is 23.8 Å². The third kappa shape index (κ3) is 4.57. The molecule has 0 aliphatic heterocycles. The minimum atomic E-state index is -1.38. The molecule has 0 saturated heterocycles. The molecule has 0 spiro atoms. The van der Waals surface area contributed by atoms with E-state index in [1.54, 1.807) is 0 Å². The molecule has 4 heteroatoms. The van der Waals surface area contributed by atoms with E-state index in [0.29, 0.717) is 23.5 Å². The highest BCUT2D eigenvalue weighted by Gasteiger charge is 2.48. The maximum atomic E-state index is 15.2. The number of hydrogen-bond donors (Lipinski definition) is 1. The van der Waals surface area contributed by atoms with E-state index >= 15 is 13.2 Å². The van der Waals surface area contributed by atoms with Crippen LogP contribution in [0, 0.1) is 35.5 Å². The molecule has 162 valence electrons. The van der Waals surface area contributed by atoms with Gasteiger partial charge in [0.2, 0.25) is 0 Å². The predicted octanol–water partition coefficient (Wildman–Crippen LogP) is 7.51. The Morgan fingerprint density at radius 3 is 1.61 bits per heavy atom. The van der Waals surface area contributed by atoms with Crippen molar-refractivity contribution in [1.29, 1.82) is 0 Å². The molecule has 4 saturated carbocycles. The van der Waals surface area contributed by atoms with E-state index in [-0.39, 0.29) is 23.7 Å². The molecule has 28 heavy (non-hydrogen) atoms. The topological polar surface area (TPSA) is 0 Å². The summed E-state index contributed by atoms with van der Waals surface area (Å²) in [4.78, 5) is 0. The van der Waals surface area contributed by atoms with Gasteiger partial charge in [0.1, 0.15) is 18.5 Å². The summed E-state index contributed by atoms with van der Waals surface area (Å²) in [7, 11) is 0. The Hall–Kier alpha value is 0.140. The van der Waals surface area contributed by atoms with Crippen molar-refractivity contribution in [3.8, 4) is 0 Å². The van der Waals surface area contributed by atoms with E-state index in [4.69, 9.17) is 0 Å². The van der Waals surface area contributed by atoms with Gasteiger partial charge in [-0.15, -0.1) is 0 Å². The molecule has 7 unspecified atom stereocenters. The molecule has 4 aliphatic carbocycles. The fourth-order valence-electron chi connectivity index (χ4n) is 7.35. The molecule has 0 amide bonds. The first-order valence-corrected chi connectivity index (χ1v) is 12.7. The summed E-state index contributed by atoms with van der Waals surface area (Å²) in [6.07, 6.45) is 10.5. The van der Waals surface area contributed by atoms with Crippen molar-refractivity contribution in [3.05, 3.63) is 0 Å². The van der Waals surface area contributed by atoms with E-state index in [0.717, 1.165) is 51.4 Å². The maximum absolute atomic E-state index is 15.2. The summed E-state index contributed by atoms with van der Waals surface area (Å²) in [5.41, 5.74) is 0. The highest BCUT2D eigenvalue weighted by atomic mass is 32.1. The SMILES string of the molecule is FC1CC(C2CCC(C3CCC(S)CC3)C(F)C2F)CCC1C1CCCCC1. The quantitative estimate of drug-likeness (QED) is 0.452. The van der Waals surface area contributed by atoms with Crippen LogP contribution in [0.15, 0.2) is 0 Å². The molecule has 0 nitrogen and oxygen atoms in total. The Morgan fingerprint density at radius 1 is 0.500 bits per heavy atom. The zero-order valence-electron chi connectivity index (χ0n) is 17.3. The molecule has 0 aromatic carbocycles. The fraction of sp³-hybridized carbons (Fsp3) is 1.00. The fourth-order valence-corrected chi connectivity index (χ4v) is 7.65. The van der Waals surface area contributed by atoms with Crippen LogP contribution in [0.4, 0.5) is 13.2 Å². The van der Waals surface area contributed by atoms with E-state index < -0.39 is 18.5 Å². The molecular formula is C24H39F3S. The van der Waals surface area contributed by atoms with Crippen LogP contribution < -0.4 is 0 Å². The lowest BCUT2D eigenvalue weighted by molar-refractivity contribution is -0.0471. The molecule has 7 atom stereocenters. The average molecular weight is 417 g/mol. The molecule has 0 N–H and O–H groups in total. The highest BCUT2D eigenvalue weighted by molar-refractivity contribution is 7.80. The van der Waals surface area contributed by atoms with Gasteiger partial charge >= 0.3 is 0 Å². The van der Waals surface area contributed by atoms with Gasteiger partial charge in [-0.25, -0.2) is 13.2 Å². The van der Waals surface area contributed by atoms with Gasteiger partial charge in [-0.05, 0) is 93.3 Å². The van der Waals surface area contributed by atoms with Crippen molar-refractivity contribution in [3.63, 3.8) is 0 Å². The third-order valence-corrected chi connectivity index (χ3v) is 9.54. The van der Waals surface area contributed by atoms with Crippen LogP contribution in [0.2, 0.25) is 0 Å². The van der Waals surface area contributed by atoms with E-state index in [1.807, 2.05) is 0 Å². The Bertz CT molecular complexity index is 486. The van der Waals surface area contributed by atoms with Gasteiger partial charge in [-0.3, -0.25) is 0 Å². The van der Waals surface area contributed by atoms with E-state index in [9.17, 15) is 0 Å². The first-order chi connectivity index (χ1) is 13.5. The van der Waals surface area contributed by atoms with Gasteiger partial charge < -0.3 is 0 Å². The zero-order chi connectivity index (χ0) is 19.7. The minimum absolute atomic E-state index is 0.0530. The average Bonchev–Trinajstić information content (AvgIpc) is 2.71. The molecule has 0 aromatic heterocycles. The summed E-state index contributed by atoms with van der Waals surface area (Å²) in [6, 6.07) is 0. The van der Waals surface area contributed by atoms with Crippen molar-refractivity contribution >= 4 is 12.6 Å². The molecule has 4 aliphatic rings. The molecule has 4 fully saturated rings. The molecule has 0 aromatic rings. The van der Waals surface area contributed by atoms with Gasteiger partial charge in [0.15, 0.2) is 0 Å². The Balaban J connectivity index is 1.32. The van der Waals surface area contributed by atoms with Crippen LogP contribution in [0.3, 0.4) is 0 Å². The molecule has 4 rings (SSSR count). The summed E-state index contributed by atoms with van der Waals surface area (Å²) in [5.74, 6) is 0.733. The van der Waals surface area contributed by atoms with Gasteiger partial charge in [0.25, 0.3) is 0 Å². The van der Waals surface area contributed by atoms with Gasteiger partial charge in [-0.1, -0.05) is 32.1 Å². The second-order valence-electron chi connectivity index (χ2n) is 10.5. The standard InChI is InChI=1S/C24H39F3S/c25-22-14-17(8-11-19(22)15-4-2-1-3-5-15)21-13-12-20(23(26)24(21)27)16-6-9-18(28)10-7-16/h15-24,28H,1-14H2. The van der Waals surface area contributed by atoms with Crippen LogP contribution in [0.5, 0.6) is 0 Å². The van der Waals surface area contributed by atoms with Gasteiger partial charge in [-0.2, -0.15) is 12.6 Å². The van der Waals surface area contributed by atoms with Crippen LogP contribution >= 0.6 is 12.6 Å². The summed E-state index contributed by atoms with van der Waals surface area (Å²) < 4.78 is 45.3. The minimum Gasteiger partial charge on any atom is -0.247 e. The predicted molar refractivity (Wildman–Crippen MR) is 113 cm³/mol. The lowest BCUT2D eigenvalue weighted by atomic mass is 9.62.